The quantitative estimate of drug-likeness (QED) is 0.709. The largest absolute Gasteiger partial charge is 0.357 e. The van der Waals surface area contributed by atoms with Crippen LogP contribution in [0.1, 0.15) is 39.3 Å². The van der Waals surface area contributed by atoms with Crippen LogP contribution in [-0.2, 0) is 16.0 Å². The summed E-state index contributed by atoms with van der Waals surface area (Å²) >= 11 is 0. The molecule has 1 amide bonds. The van der Waals surface area contributed by atoms with Crippen LogP contribution in [0.3, 0.4) is 0 Å². The van der Waals surface area contributed by atoms with E-state index in [-0.39, 0.29) is 29.7 Å². The number of benzene rings is 1. The SMILES string of the molecule is CC1C2=C(CC(C)(C)CC2=O)Nc2ccccc2N1CC(=O)NCCc1cnc[nH]1. The van der Waals surface area contributed by atoms with Gasteiger partial charge in [0.1, 0.15) is 0 Å². The number of amides is 1. The second-order valence-corrected chi connectivity index (χ2v) is 8.96. The molecule has 0 saturated carbocycles. The molecule has 0 saturated heterocycles. The van der Waals surface area contributed by atoms with Gasteiger partial charge in [0, 0.05) is 42.5 Å². The average Bonchev–Trinajstić information content (AvgIpc) is 3.15. The van der Waals surface area contributed by atoms with Crippen LogP contribution >= 0.6 is 0 Å². The van der Waals surface area contributed by atoms with Crippen molar-refractivity contribution < 1.29 is 9.59 Å². The lowest BCUT2D eigenvalue weighted by molar-refractivity contribution is -0.120. The molecule has 7 nitrogen and oxygen atoms in total. The number of allylic oxidation sites excluding steroid dienone is 1. The molecule has 1 aliphatic carbocycles. The van der Waals surface area contributed by atoms with Crippen LogP contribution in [0.15, 0.2) is 48.1 Å². The first kappa shape index (κ1) is 20.2. The van der Waals surface area contributed by atoms with Gasteiger partial charge in [0.05, 0.1) is 30.3 Å². The summed E-state index contributed by atoms with van der Waals surface area (Å²) in [5.41, 5.74) is 4.57. The Kier molecular flexibility index (Phi) is 5.37. The molecule has 1 aromatic heterocycles. The molecule has 1 aliphatic heterocycles. The number of aromatic nitrogens is 2. The van der Waals surface area contributed by atoms with Crippen molar-refractivity contribution in [2.75, 3.05) is 23.3 Å². The highest BCUT2D eigenvalue weighted by Gasteiger charge is 2.39. The Balaban J connectivity index is 1.56. The number of nitrogens with one attached hydrogen (secondary N) is 3. The summed E-state index contributed by atoms with van der Waals surface area (Å²) in [5.74, 6) is 0.0996. The molecule has 158 valence electrons. The number of H-pyrrole nitrogens is 1. The second-order valence-electron chi connectivity index (χ2n) is 8.96. The highest BCUT2D eigenvalue weighted by Crippen LogP contribution is 2.43. The normalized spacial score (nSPS) is 20.2. The van der Waals surface area contributed by atoms with Crippen LogP contribution in [0, 0.1) is 5.41 Å². The van der Waals surface area contributed by atoms with Gasteiger partial charge in [0.2, 0.25) is 5.91 Å². The Morgan fingerprint density at radius 1 is 1.30 bits per heavy atom. The van der Waals surface area contributed by atoms with Gasteiger partial charge in [0.15, 0.2) is 5.78 Å². The number of carbonyl (C=O) groups is 2. The fourth-order valence-corrected chi connectivity index (χ4v) is 4.48. The molecule has 7 heteroatoms. The number of rotatable bonds is 5. The molecule has 2 aromatic rings. The number of Topliss-reactive ketones (excluding diaryl/α,β-unsaturated/α-hetero) is 1. The van der Waals surface area contributed by atoms with Crippen molar-refractivity contribution in [2.24, 2.45) is 5.41 Å². The number of nitrogens with zero attached hydrogens (tertiary/aromatic N) is 2. The predicted molar refractivity (Wildman–Crippen MR) is 117 cm³/mol. The van der Waals surface area contributed by atoms with Crippen LogP contribution in [0.5, 0.6) is 0 Å². The molecular formula is C23H29N5O2. The maximum atomic E-state index is 13.1. The molecule has 0 fully saturated rings. The maximum absolute atomic E-state index is 13.1. The highest BCUT2D eigenvalue weighted by molar-refractivity contribution is 6.01. The van der Waals surface area contributed by atoms with Crippen LogP contribution in [0.25, 0.3) is 0 Å². The van der Waals surface area contributed by atoms with Gasteiger partial charge in [-0.1, -0.05) is 26.0 Å². The number of hydrogen-bond acceptors (Lipinski definition) is 5. The third-order valence-electron chi connectivity index (χ3n) is 5.89. The fraction of sp³-hybridized carbons (Fsp3) is 0.435. The minimum Gasteiger partial charge on any atom is -0.357 e. The lowest BCUT2D eigenvalue weighted by Crippen LogP contribution is -2.45. The Labute approximate surface area is 177 Å². The molecule has 2 aliphatic rings. The van der Waals surface area contributed by atoms with Crippen molar-refractivity contribution in [1.82, 2.24) is 15.3 Å². The van der Waals surface area contributed by atoms with E-state index < -0.39 is 0 Å². The number of ketones is 1. The predicted octanol–water partition coefficient (Wildman–Crippen LogP) is 3.03. The van der Waals surface area contributed by atoms with Gasteiger partial charge in [-0.3, -0.25) is 9.59 Å². The van der Waals surface area contributed by atoms with Crippen LogP contribution in [0.4, 0.5) is 11.4 Å². The monoisotopic (exact) mass is 407 g/mol. The van der Waals surface area contributed by atoms with E-state index in [1.807, 2.05) is 36.1 Å². The second kappa shape index (κ2) is 7.97. The number of para-hydroxylation sites is 2. The summed E-state index contributed by atoms with van der Waals surface area (Å²) in [5, 5.41) is 6.50. The highest BCUT2D eigenvalue weighted by atomic mass is 16.2. The molecule has 1 unspecified atom stereocenters. The minimum absolute atomic E-state index is 0.0659. The van der Waals surface area contributed by atoms with Crippen molar-refractivity contribution in [2.45, 2.75) is 46.1 Å². The molecular weight excluding hydrogens is 378 g/mol. The van der Waals surface area contributed by atoms with E-state index in [1.165, 1.54) is 0 Å². The molecule has 0 spiro atoms. The van der Waals surface area contributed by atoms with Gasteiger partial charge in [-0.05, 0) is 30.9 Å². The number of aromatic amines is 1. The zero-order valence-corrected chi connectivity index (χ0v) is 17.8. The van der Waals surface area contributed by atoms with E-state index in [0.717, 1.165) is 34.8 Å². The van der Waals surface area contributed by atoms with Crippen LogP contribution < -0.4 is 15.5 Å². The lowest BCUT2D eigenvalue weighted by atomic mass is 9.74. The molecule has 4 rings (SSSR count). The summed E-state index contributed by atoms with van der Waals surface area (Å²) < 4.78 is 0. The Bertz CT molecular complexity index is 977. The van der Waals surface area contributed by atoms with E-state index >= 15 is 0 Å². The van der Waals surface area contributed by atoms with Crippen molar-refractivity contribution in [3.63, 3.8) is 0 Å². The third-order valence-corrected chi connectivity index (χ3v) is 5.89. The summed E-state index contributed by atoms with van der Waals surface area (Å²) in [7, 11) is 0. The summed E-state index contributed by atoms with van der Waals surface area (Å²) in [4.78, 5) is 34.9. The molecule has 1 aromatic carbocycles. The van der Waals surface area contributed by atoms with Gasteiger partial charge >= 0.3 is 0 Å². The molecule has 0 bridgehead atoms. The van der Waals surface area contributed by atoms with E-state index in [4.69, 9.17) is 0 Å². The van der Waals surface area contributed by atoms with Gasteiger partial charge in [0.25, 0.3) is 0 Å². The van der Waals surface area contributed by atoms with Crippen molar-refractivity contribution >= 4 is 23.1 Å². The molecule has 2 heterocycles. The van der Waals surface area contributed by atoms with Crippen molar-refractivity contribution in [1.29, 1.82) is 0 Å². The Hall–Kier alpha value is -3.09. The molecule has 0 radical (unpaired) electrons. The summed E-state index contributed by atoms with van der Waals surface area (Å²) in [6.45, 7) is 7.00. The number of fused-ring (bicyclic) bond motifs is 1. The van der Waals surface area contributed by atoms with Gasteiger partial charge in [-0.25, -0.2) is 4.98 Å². The third kappa shape index (κ3) is 4.10. The van der Waals surface area contributed by atoms with Crippen molar-refractivity contribution in [3.05, 3.63) is 53.8 Å². The zero-order valence-electron chi connectivity index (χ0n) is 17.8. The van der Waals surface area contributed by atoms with E-state index in [2.05, 4.69) is 34.4 Å². The first-order valence-electron chi connectivity index (χ1n) is 10.5. The summed E-state index contributed by atoms with van der Waals surface area (Å²) in [6.07, 6.45) is 5.43. The van der Waals surface area contributed by atoms with Crippen molar-refractivity contribution in [3.8, 4) is 0 Å². The Morgan fingerprint density at radius 2 is 2.10 bits per heavy atom. The molecule has 30 heavy (non-hydrogen) atoms. The Morgan fingerprint density at radius 3 is 2.87 bits per heavy atom. The number of anilines is 2. The average molecular weight is 408 g/mol. The zero-order chi connectivity index (χ0) is 21.3. The number of imidazole rings is 1. The number of hydrogen-bond donors (Lipinski definition) is 3. The van der Waals surface area contributed by atoms with Crippen LogP contribution in [0.2, 0.25) is 0 Å². The smallest absolute Gasteiger partial charge is 0.239 e. The van der Waals surface area contributed by atoms with Gasteiger partial charge < -0.3 is 20.5 Å². The van der Waals surface area contributed by atoms with E-state index in [9.17, 15) is 9.59 Å². The molecule has 1 atom stereocenters. The molecule has 3 N–H and O–H groups in total. The van der Waals surface area contributed by atoms with Gasteiger partial charge in [-0.15, -0.1) is 0 Å². The topological polar surface area (TPSA) is 90.1 Å². The first-order valence-corrected chi connectivity index (χ1v) is 10.5. The van der Waals surface area contributed by atoms with E-state index in [1.54, 1.807) is 12.5 Å². The minimum atomic E-state index is -0.182. The standard InChI is InChI=1S/C23H29N5O2/c1-15-22-18(10-23(2,3)11-20(22)29)27-17-6-4-5-7-19(17)28(15)13-21(30)25-9-8-16-12-24-14-26-16/h4-7,12,14-15,27H,8-11,13H2,1-3H3,(H,24,26)(H,25,30). The fourth-order valence-electron chi connectivity index (χ4n) is 4.48. The number of carbonyl (C=O) groups excluding carboxylic acids is 2. The van der Waals surface area contributed by atoms with E-state index in [0.29, 0.717) is 19.4 Å². The lowest BCUT2D eigenvalue weighted by Gasteiger charge is -2.36. The summed E-state index contributed by atoms with van der Waals surface area (Å²) in [6, 6.07) is 7.77. The maximum Gasteiger partial charge on any atom is 0.239 e. The first-order chi connectivity index (χ1) is 14.3. The van der Waals surface area contributed by atoms with Gasteiger partial charge in [-0.2, -0.15) is 0 Å². The van der Waals surface area contributed by atoms with Crippen LogP contribution in [-0.4, -0.2) is 40.8 Å².